The molecule has 2 N–H and O–H groups in total. The summed E-state index contributed by atoms with van der Waals surface area (Å²) < 4.78 is 0. The lowest BCUT2D eigenvalue weighted by Gasteiger charge is -2.31. The maximum absolute atomic E-state index is 10.6. The first-order chi connectivity index (χ1) is 8.89. The first-order valence-electron chi connectivity index (χ1n) is 6.31. The maximum Gasteiger partial charge on any atom is 0.305 e. The van der Waals surface area contributed by atoms with E-state index in [0.717, 1.165) is 19.5 Å². The molecule has 7 nitrogen and oxygen atoms in total. The smallest absolute Gasteiger partial charge is 0.305 e. The summed E-state index contributed by atoms with van der Waals surface area (Å²) in [7, 11) is 0. The molecule has 0 atom stereocenters. The summed E-state index contributed by atoms with van der Waals surface area (Å²) in [5, 5.41) is 10.6. The van der Waals surface area contributed by atoms with E-state index in [1.165, 1.54) is 12.4 Å². The Balaban J connectivity index is 2.89. The Kier molecular flexibility index (Phi) is 5.17. The monoisotopic (exact) mass is 267 g/mol. The van der Waals surface area contributed by atoms with E-state index in [-0.39, 0.29) is 11.1 Å². The highest BCUT2D eigenvalue weighted by Gasteiger charge is 2.22. The lowest BCUT2D eigenvalue weighted by Crippen LogP contribution is -2.40. The quantitative estimate of drug-likeness (QED) is 0.595. The van der Waals surface area contributed by atoms with Gasteiger partial charge in [0.2, 0.25) is 5.95 Å². The zero-order valence-electron chi connectivity index (χ0n) is 11.7. The molecular formula is C12H21N5O2. The van der Waals surface area contributed by atoms with Crippen LogP contribution in [0.4, 0.5) is 11.6 Å². The standard InChI is InChI=1S/C12H21N5O2/c1-4-5-16(9-12(2,3)8-13)11-14-6-10(7-15-11)17(18)19/h6-7H,4-5,8-9,13H2,1-3H3. The number of nitrogens with zero attached hydrogens (tertiary/aromatic N) is 4. The highest BCUT2D eigenvalue weighted by atomic mass is 16.6. The van der Waals surface area contributed by atoms with Crippen LogP contribution in [0.2, 0.25) is 0 Å². The Morgan fingerprint density at radius 1 is 1.42 bits per heavy atom. The minimum absolute atomic E-state index is 0.0553. The fourth-order valence-corrected chi connectivity index (χ4v) is 1.67. The molecular weight excluding hydrogens is 246 g/mol. The minimum Gasteiger partial charge on any atom is -0.340 e. The van der Waals surface area contributed by atoms with Crippen LogP contribution in [-0.4, -0.2) is 34.5 Å². The van der Waals surface area contributed by atoms with Gasteiger partial charge < -0.3 is 10.6 Å². The van der Waals surface area contributed by atoms with E-state index in [4.69, 9.17) is 5.73 Å². The normalized spacial score (nSPS) is 11.4. The van der Waals surface area contributed by atoms with Crippen molar-refractivity contribution in [2.45, 2.75) is 27.2 Å². The third-order valence-corrected chi connectivity index (χ3v) is 2.78. The summed E-state index contributed by atoms with van der Waals surface area (Å²) in [6.07, 6.45) is 3.42. The van der Waals surface area contributed by atoms with Gasteiger partial charge in [0.15, 0.2) is 0 Å². The van der Waals surface area contributed by atoms with Gasteiger partial charge in [-0.3, -0.25) is 10.1 Å². The number of rotatable bonds is 7. The van der Waals surface area contributed by atoms with Gasteiger partial charge in [0, 0.05) is 13.1 Å². The minimum atomic E-state index is -0.502. The summed E-state index contributed by atoms with van der Waals surface area (Å²) in [6, 6.07) is 0. The molecule has 7 heteroatoms. The molecule has 0 aliphatic rings. The predicted octanol–water partition coefficient (Wildman–Crippen LogP) is 1.59. The molecule has 0 aliphatic carbocycles. The van der Waals surface area contributed by atoms with Crippen LogP contribution < -0.4 is 10.6 Å². The lowest BCUT2D eigenvalue weighted by molar-refractivity contribution is -0.385. The van der Waals surface area contributed by atoms with Crippen molar-refractivity contribution < 1.29 is 4.92 Å². The number of hydrogen-bond acceptors (Lipinski definition) is 6. The number of nitrogens with two attached hydrogens (primary N) is 1. The summed E-state index contributed by atoms with van der Waals surface area (Å²) in [6.45, 7) is 8.27. The molecule has 0 radical (unpaired) electrons. The van der Waals surface area contributed by atoms with Gasteiger partial charge in [0.1, 0.15) is 12.4 Å². The third-order valence-electron chi connectivity index (χ3n) is 2.78. The summed E-state index contributed by atoms with van der Waals surface area (Å²) in [5.41, 5.74) is 5.58. The first-order valence-corrected chi connectivity index (χ1v) is 6.31. The van der Waals surface area contributed by atoms with E-state index < -0.39 is 4.92 Å². The molecule has 19 heavy (non-hydrogen) atoms. The molecule has 1 aromatic rings. The Morgan fingerprint density at radius 2 is 2.00 bits per heavy atom. The Hall–Kier alpha value is -1.76. The van der Waals surface area contributed by atoms with Gasteiger partial charge in [-0.05, 0) is 18.4 Å². The van der Waals surface area contributed by atoms with Crippen LogP contribution in [-0.2, 0) is 0 Å². The van der Waals surface area contributed by atoms with E-state index in [0.29, 0.717) is 12.5 Å². The third kappa shape index (κ3) is 4.44. The average molecular weight is 267 g/mol. The lowest BCUT2D eigenvalue weighted by atomic mass is 9.93. The zero-order chi connectivity index (χ0) is 14.5. The van der Waals surface area contributed by atoms with E-state index in [9.17, 15) is 10.1 Å². The fraction of sp³-hybridized carbons (Fsp3) is 0.667. The van der Waals surface area contributed by atoms with Gasteiger partial charge in [-0.1, -0.05) is 20.8 Å². The second-order valence-corrected chi connectivity index (χ2v) is 5.29. The fourth-order valence-electron chi connectivity index (χ4n) is 1.67. The van der Waals surface area contributed by atoms with Crippen LogP contribution in [0.25, 0.3) is 0 Å². The molecule has 106 valence electrons. The summed E-state index contributed by atoms with van der Waals surface area (Å²) in [5.74, 6) is 0.508. The van der Waals surface area contributed by atoms with Gasteiger partial charge in [0.25, 0.3) is 0 Å². The molecule has 0 bridgehead atoms. The van der Waals surface area contributed by atoms with Crippen LogP contribution in [0.5, 0.6) is 0 Å². The molecule has 0 unspecified atom stereocenters. The molecule has 0 aliphatic heterocycles. The SMILES string of the molecule is CCCN(CC(C)(C)CN)c1ncc([N+](=O)[O-])cn1. The molecule has 0 aromatic carbocycles. The Bertz CT molecular complexity index is 419. The molecule has 1 heterocycles. The molecule has 0 spiro atoms. The van der Waals surface area contributed by atoms with Crippen molar-refractivity contribution in [2.75, 3.05) is 24.5 Å². The van der Waals surface area contributed by atoms with Crippen molar-refractivity contribution in [1.82, 2.24) is 9.97 Å². The summed E-state index contributed by atoms with van der Waals surface area (Å²) >= 11 is 0. The van der Waals surface area contributed by atoms with Crippen LogP contribution in [0.1, 0.15) is 27.2 Å². The van der Waals surface area contributed by atoms with Gasteiger partial charge in [-0.25, -0.2) is 9.97 Å². The van der Waals surface area contributed by atoms with Crippen molar-refractivity contribution >= 4 is 11.6 Å². The Morgan fingerprint density at radius 3 is 2.42 bits per heavy atom. The highest BCUT2D eigenvalue weighted by Crippen LogP contribution is 2.19. The number of anilines is 1. The van der Waals surface area contributed by atoms with Gasteiger partial charge in [-0.2, -0.15) is 0 Å². The predicted molar refractivity (Wildman–Crippen MR) is 74.0 cm³/mol. The van der Waals surface area contributed by atoms with E-state index in [2.05, 4.69) is 30.7 Å². The first kappa shape index (κ1) is 15.3. The van der Waals surface area contributed by atoms with Crippen molar-refractivity contribution in [2.24, 2.45) is 11.1 Å². The molecule has 1 rings (SSSR count). The number of hydrogen-bond donors (Lipinski definition) is 1. The molecule has 1 aromatic heterocycles. The van der Waals surface area contributed by atoms with Gasteiger partial charge in [-0.15, -0.1) is 0 Å². The van der Waals surface area contributed by atoms with E-state index >= 15 is 0 Å². The highest BCUT2D eigenvalue weighted by molar-refractivity contribution is 5.34. The molecule has 0 amide bonds. The van der Waals surface area contributed by atoms with Gasteiger partial charge >= 0.3 is 5.69 Å². The Labute approximate surface area is 113 Å². The molecule has 0 saturated carbocycles. The van der Waals surface area contributed by atoms with Crippen LogP contribution in [0, 0.1) is 15.5 Å². The van der Waals surface area contributed by atoms with Crippen molar-refractivity contribution in [3.8, 4) is 0 Å². The average Bonchev–Trinajstić information content (AvgIpc) is 2.38. The second-order valence-electron chi connectivity index (χ2n) is 5.29. The maximum atomic E-state index is 10.6. The van der Waals surface area contributed by atoms with Crippen LogP contribution >= 0.6 is 0 Å². The zero-order valence-corrected chi connectivity index (χ0v) is 11.7. The van der Waals surface area contributed by atoms with Crippen LogP contribution in [0.15, 0.2) is 12.4 Å². The number of nitro groups is 1. The van der Waals surface area contributed by atoms with E-state index in [1.54, 1.807) is 0 Å². The largest absolute Gasteiger partial charge is 0.340 e. The van der Waals surface area contributed by atoms with Crippen molar-refractivity contribution in [3.05, 3.63) is 22.5 Å². The van der Waals surface area contributed by atoms with Crippen molar-refractivity contribution in [1.29, 1.82) is 0 Å². The second kappa shape index (κ2) is 6.42. The van der Waals surface area contributed by atoms with E-state index in [1.807, 2.05) is 4.90 Å². The van der Waals surface area contributed by atoms with Crippen molar-refractivity contribution in [3.63, 3.8) is 0 Å². The topological polar surface area (TPSA) is 98.2 Å². The van der Waals surface area contributed by atoms with Gasteiger partial charge in [0.05, 0.1) is 4.92 Å². The van der Waals surface area contributed by atoms with Crippen LogP contribution in [0.3, 0.4) is 0 Å². The number of aromatic nitrogens is 2. The molecule has 0 saturated heterocycles. The molecule has 0 fully saturated rings. The summed E-state index contributed by atoms with van der Waals surface area (Å²) in [4.78, 5) is 20.2.